The fourth-order valence-electron chi connectivity index (χ4n) is 2.77. The molecule has 180 valence electrons. The van der Waals surface area contributed by atoms with E-state index in [0.29, 0.717) is 16.5 Å². The van der Waals surface area contributed by atoms with Crippen molar-refractivity contribution in [1.29, 1.82) is 0 Å². The van der Waals surface area contributed by atoms with Crippen LogP contribution < -0.4 is 20.1 Å². The Morgan fingerprint density at radius 2 is 2.00 bits per heavy atom. The molecule has 0 fully saturated rings. The number of ether oxygens (including phenoxy) is 1. The van der Waals surface area contributed by atoms with Gasteiger partial charge in [-0.2, -0.15) is 13.5 Å². The Balaban J connectivity index is 0.000000945. The van der Waals surface area contributed by atoms with Gasteiger partial charge in [0.25, 0.3) is 5.09 Å². The minimum atomic E-state index is -4.06. The lowest BCUT2D eigenvalue weighted by atomic mass is 10.2. The molecule has 0 saturated heterocycles. The Morgan fingerprint density at radius 1 is 1.29 bits per heavy atom. The van der Waals surface area contributed by atoms with Gasteiger partial charge in [0, 0.05) is 36.0 Å². The summed E-state index contributed by atoms with van der Waals surface area (Å²) in [5.41, 5.74) is 8.72. The van der Waals surface area contributed by atoms with Crippen molar-refractivity contribution in [2.45, 2.75) is 11.8 Å². The lowest BCUT2D eigenvalue weighted by molar-refractivity contribution is -0.742. The quantitative estimate of drug-likeness (QED) is 0.105. The molecule has 0 atom stereocenters. The molecular formula is C20H22N6O7S. The van der Waals surface area contributed by atoms with Gasteiger partial charge in [-0.1, -0.05) is 12.1 Å². The second kappa shape index (κ2) is 12.0. The molecule has 0 aliphatic rings. The van der Waals surface area contributed by atoms with Crippen LogP contribution in [-0.4, -0.2) is 49.5 Å². The first-order valence-corrected chi connectivity index (χ1v) is 10.9. The molecule has 0 spiro atoms. The maximum absolute atomic E-state index is 12.9. The first-order chi connectivity index (χ1) is 16.1. The lowest BCUT2D eigenvalue weighted by Gasteiger charge is -2.12. The summed E-state index contributed by atoms with van der Waals surface area (Å²) in [5, 5.41) is 18.3. The van der Waals surface area contributed by atoms with Crippen LogP contribution in [-0.2, 0) is 10.1 Å². The largest absolute Gasteiger partial charge is 0.492 e. The highest BCUT2D eigenvalue weighted by Gasteiger charge is 2.20. The van der Waals surface area contributed by atoms with Crippen LogP contribution in [0.2, 0.25) is 0 Å². The maximum atomic E-state index is 12.9. The number of nitrogens with two attached hydrogens (primary N) is 1. The number of fused-ring (bicyclic) bond motifs is 1. The van der Waals surface area contributed by atoms with E-state index in [4.69, 9.17) is 30.0 Å². The molecule has 14 heteroatoms. The summed E-state index contributed by atoms with van der Waals surface area (Å²) in [6.45, 7) is 5.56. The van der Waals surface area contributed by atoms with Gasteiger partial charge in [-0.25, -0.2) is 10.4 Å². The molecule has 1 heterocycles. The molecule has 0 saturated carbocycles. The van der Waals surface area contributed by atoms with Gasteiger partial charge < -0.3 is 19.9 Å². The molecule has 2 aromatic carbocycles. The van der Waals surface area contributed by atoms with Crippen molar-refractivity contribution < 1.29 is 27.6 Å². The van der Waals surface area contributed by atoms with Crippen molar-refractivity contribution in [3.8, 4) is 11.5 Å². The zero-order valence-electron chi connectivity index (χ0n) is 18.0. The number of nitrogens with zero attached hydrogens (tertiary/aromatic N) is 4. The van der Waals surface area contributed by atoms with Crippen LogP contribution in [0.15, 0.2) is 69.8 Å². The van der Waals surface area contributed by atoms with Crippen LogP contribution in [0.25, 0.3) is 10.8 Å². The van der Waals surface area contributed by atoms with Crippen LogP contribution in [0.3, 0.4) is 0 Å². The topological polar surface area (TPSA) is 192 Å². The summed E-state index contributed by atoms with van der Waals surface area (Å²) < 4.78 is 36.8. The van der Waals surface area contributed by atoms with Crippen molar-refractivity contribution in [2.75, 3.05) is 13.2 Å². The smallest absolute Gasteiger partial charge is 0.339 e. The number of hydrogen-bond donors (Lipinski definition) is 3. The summed E-state index contributed by atoms with van der Waals surface area (Å²) >= 11 is 0. The van der Waals surface area contributed by atoms with Gasteiger partial charge >= 0.3 is 10.1 Å². The number of guanidine groups is 1. The molecule has 34 heavy (non-hydrogen) atoms. The Hall–Kier alpha value is -4.46. The van der Waals surface area contributed by atoms with E-state index >= 15 is 0 Å². The van der Waals surface area contributed by atoms with E-state index in [9.17, 15) is 8.42 Å². The molecule has 0 bridgehead atoms. The van der Waals surface area contributed by atoms with Crippen LogP contribution in [0.1, 0.15) is 5.56 Å². The molecule has 0 unspecified atom stereocenters. The fourth-order valence-corrected chi connectivity index (χ4v) is 3.91. The molecule has 0 aliphatic carbocycles. The van der Waals surface area contributed by atoms with E-state index < -0.39 is 15.2 Å². The minimum absolute atomic E-state index is 0.0690. The Morgan fingerprint density at radius 3 is 2.71 bits per heavy atom. The molecule has 4 N–H and O–H groups in total. The number of pyridine rings is 1. The van der Waals surface area contributed by atoms with Crippen molar-refractivity contribution in [2.24, 2.45) is 15.8 Å². The second-order valence-corrected chi connectivity index (χ2v) is 8.01. The maximum Gasteiger partial charge on any atom is 0.339 e. The first kappa shape index (κ1) is 25.8. The molecule has 13 nitrogen and oxygen atoms in total. The first-order valence-electron chi connectivity index (χ1n) is 9.49. The van der Waals surface area contributed by atoms with Crippen molar-refractivity contribution >= 4 is 33.6 Å². The second-order valence-electron chi connectivity index (χ2n) is 6.50. The molecule has 0 amide bonds. The lowest BCUT2D eigenvalue weighted by Crippen LogP contribution is -2.27. The molecule has 3 rings (SSSR count). The molecule has 0 aliphatic heterocycles. The highest BCUT2D eigenvalue weighted by molar-refractivity contribution is 7.87. The molecule has 3 aromatic rings. The Bertz CT molecular complexity index is 1290. The van der Waals surface area contributed by atoms with E-state index in [-0.39, 0.29) is 29.8 Å². The number of rotatable bonds is 8. The van der Waals surface area contributed by atoms with Gasteiger partial charge in [-0.05, 0) is 36.8 Å². The average molecular weight is 490 g/mol. The number of benzene rings is 2. The third-order valence-electron chi connectivity index (χ3n) is 3.98. The number of aliphatic imine (C=N–C) groups is 1. The normalized spacial score (nSPS) is 11.1. The van der Waals surface area contributed by atoms with Crippen molar-refractivity contribution in [3.63, 3.8) is 0 Å². The van der Waals surface area contributed by atoms with E-state index in [1.54, 1.807) is 36.5 Å². The number of hydrazone groups is 1. The van der Waals surface area contributed by atoms with Crippen molar-refractivity contribution in [3.05, 3.63) is 70.5 Å². The monoisotopic (exact) mass is 490 g/mol. The van der Waals surface area contributed by atoms with Crippen molar-refractivity contribution in [1.82, 2.24) is 10.4 Å². The summed E-state index contributed by atoms with van der Waals surface area (Å²) in [6.07, 6.45) is 3.14. The number of nitrogens with one attached hydrogen (secondary N) is 1. The van der Waals surface area contributed by atoms with E-state index in [2.05, 4.69) is 27.2 Å². The van der Waals surface area contributed by atoms with E-state index in [0.717, 1.165) is 5.56 Å². The summed E-state index contributed by atoms with van der Waals surface area (Å²) in [6, 6.07) is 11.5. The standard InChI is InChI=1S/C20H21N5O4S.HNO3/c1-14-10-16(28-9-8-24-20(21)25-22-2)12-17(11-14)29-30(26,27)19-5-3-4-15-13-23-7-6-18(15)19;2-1(3)4/h3-7,10-13H,2,8-9H2,1H3,(H3,21,24,25);(H,2,3,4). The Labute approximate surface area is 194 Å². The van der Waals surface area contributed by atoms with Crippen LogP contribution in [0.5, 0.6) is 11.5 Å². The molecule has 1 aromatic heterocycles. The number of aromatic nitrogens is 1. The number of aryl methyl sites for hydroxylation is 1. The fraction of sp³-hybridized carbons (Fsp3) is 0.150. The predicted octanol–water partition coefficient (Wildman–Crippen LogP) is 1.86. The third-order valence-corrected chi connectivity index (χ3v) is 5.28. The summed E-state index contributed by atoms with van der Waals surface area (Å²) in [4.78, 5) is 16.4. The number of hydrogen-bond acceptors (Lipinski definition) is 9. The molecular weight excluding hydrogens is 468 g/mol. The van der Waals surface area contributed by atoms with Gasteiger partial charge in [0.05, 0.1) is 6.54 Å². The van der Waals surface area contributed by atoms with Gasteiger partial charge in [0.1, 0.15) is 23.0 Å². The van der Waals surface area contributed by atoms with Gasteiger partial charge in [0.15, 0.2) is 0 Å². The highest BCUT2D eigenvalue weighted by atomic mass is 32.2. The van der Waals surface area contributed by atoms with E-state index in [1.807, 2.05) is 6.92 Å². The summed E-state index contributed by atoms with van der Waals surface area (Å²) in [7, 11) is -4.06. The van der Waals surface area contributed by atoms with Crippen LogP contribution >= 0.6 is 0 Å². The minimum Gasteiger partial charge on any atom is -0.492 e. The zero-order chi connectivity index (χ0) is 25.1. The van der Waals surface area contributed by atoms with Crippen LogP contribution in [0, 0.1) is 17.0 Å². The Kier molecular flexibility index (Phi) is 9.08. The van der Waals surface area contributed by atoms with E-state index in [1.165, 1.54) is 18.3 Å². The third kappa shape index (κ3) is 7.90. The van der Waals surface area contributed by atoms with Gasteiger partial charge in [-0.3, -0.25) is 4.98 Å². The van der Waals surface area contributed by atoms with Gasteiger partial charge in [0.2, 0.25) is 5.96 Å². The predicted molar refractivity (Wildman–Crippen MR) is 124 cm³/mol. The molecule has 0 radical (unpaired) electrons. The SMILES string of the molecule is C=NNC(N)=NCCOc1cc(C)cc(OS(=O)(=O)c2cccc3cnccc23)c1.O=[N+]([O-])O. The average Bonchev–Trinajstić information content (AvgIpc) is 2.75. The highest BCUT2D eigenvalue weighted by Crippen LogP contribution is 2.28. The van der Waals surface area contributed by atoms with Crippen LogP contribution in [0.4, 0.5) is 0 Å². The van der Waals surface area contributed by atoms with Gasteiger partial charge in [-0.15, -0.1) is 10.1 Å². The summed E-state index contributed by atoms with van der Waals surface area (Å²) in [5.74, 6) is 0.723. The zero-order valence-corrected chi connectivity index (χ0v) is 18.8.